The van der Waals surface area contributed by atoms with E-state index in [1.54, 1.807) is 0 Å². The highest BCUT2D eigenvalue weighted by Gasteiger charge is 2.04. The van der Waals surface area contributed by atoms with Crippen LogP contribution in [-0.4, -0.2) is 13.1 Å². The molecule has 1 aromatic carbocycles. The first-order chi connectivity index (χ1) is 6.36. The van der Waals surface area contributed by atoms with Gasteiger partial charge in [0.25, 0.3) is 0 Å². The van der Waals surface area contributed by atoms with Crippen LogP contribution in [0, 0.1) is 0 Å². The van der Waals surface area contributed by atoms with E-state index in [9.17, 15) is 0 Å². The summed E-state index contributed by atoms with van der Waals surface area (Å²) in [6, 6.07) is 8.09. The first-order valence-electron chi connectivity index (χ1n) is 4.62. The number of nitrogens with two attached hydrogens (primary N) is 1. The predicted octanol–water partition coefficient (Wildman–Crippen LogP) is 1.65. The van der Waals surface area contributed by atoms with Crippen LogP contribution in [0.15, 0.2) is 30.3 Å². The molecule has 0 aromatic heterocycles. The molecule has 1 heterocycles. The summed E-state index contributed by atoms with van der Waals surface area (Å²) in [5, 5.41) is 3.29. The minimum atomic E-state index is 0.832. The Balaban J connectivity index is 2.24. The van der Waals surface area contributed by atoms with Gasteiger partial charge in [-0.05, 0) is 36.2 Å². The molecule has 3 N–H and O–H groups in total. The minimum Gasteiger partial charge on any atom is -0.399 e. The average Bonchev–Trinajstić information content (AvgIpc) is 2.20. The maximum absolute atomic E-state index is 5.62. The molecule has 2 nitrogen and oxygen atoms in total. The second-order valence-corrected chi connectivity index (χ2v) is 3.31. The standard InChI is InChI=1S/C11H14N2/c12-11-3-1-9(2-4-11)10-5-7-13-8-6-10/h1-5,13H,6-8,12H2. The van der Waals surface area contributed by atoms with Gasteiger partial charge in [-0.2, -0.15) is 0 Å². The van der Waals surface area contributed by atoms with Gasteiger partial charge in [0.1, 0.15) is 0 Å². The Labute approximate surface area is 78.5 Å². The Morgan fingerprint density at radius 2 is 1.92 bits per heavy atom. The second-order valence-electron chi connectivity index (χ2n) is 3.31. The number of rotatable bonds is 1. The van der Waals surface area contributed by atoms with Crippen molar-refractivity contribution in [2.24, 2.45) is 0 Å². The van der Waals surface area contributed by atoms with Gasteiger partial charge >= 0.3 is 0 Å². The Kier molecular flexibility index (Phi) is 2.32. The van der Waals surface area contributed by atoms with Gasteiger partial charge in [-0.25, -0.2) is 0 Å². The molecule has 0 saturated heterocycles. The minimum absolute atomic E-state index is 0.832. The van der Waals surface area contributed by atoms with Crippen molar-refractivity contribution in [1.82, 2.24) is 5.32 Å². The summed E-state index contributed by atoms with van der Waals surface area (Å²) in [5.41, 5.74) is 9.19. The largest absolute Gasteiger partial charge is 0.399 e. The van der Waals surface area contributed by atoms with Crippen LogP contribution >= 0.6 is 0 Å². The smallest absolute Gasteiger partial charge is 0.0314 e. The third-order valence-corrected chi connectivity index (χ3v) is 2.35. The zero-order chi connectivity index (χ0) is 9.10. The number of nitrogens with one attached hydrogen (secondary N) is 1. The number of hydrogen-bond donors (Lipinski definition) is 2. The van der Waals surface area contributed by atoms with Crippen LogP contribution in [0.3, 0.4) is 0 Å². The van der Waals surface area contributed by atoms with E-state index in [1.165, 1.54) is 11.1 Å². The lowest BCUT2D eigenvalue weighted by Gasteiger charge is -2.14. The van der Waals surface area contributed by atoms with Crippen molar-refractivity contribution < 1.29 is 0 Å². The molecule has 0 bridgehead atoms. The molecule has 0 unspecified atom stereocenters. The molecule has 13 heavy (non-hydrogen) atoms. The van der Waals surface area contributed by atoms with E-state index in [4.69, 9.17) is 5.73 Å². The second kappa shape index (κ2) is 3.62. The first kappa shape index (κ1) is 8.32. The van der Waals surface area contributed by atoms with E-state index in [2.05, 4.69) is 23.5 Å². The van der Waals surface area contributed by atoms with Crippen molar-refractivity contribution in [3.05, 3.63) is 35.9 Å². The SMILES string of the molecule is Nc1ccc(C2=CCNCC2)cc1. The van der Waals surface area contributed by atoms with Gasteiger partial charge in [-0.15, -0.1) is 0 Å². The predicted molar refractivity (Wildman–Crippen MR) is 56.3 cm³/mol. The van der Waals surface area contributed by atoms with Crippen LogP contribution in [0.5, 0.6) is 0 Å². The summed E-state index contributed by atoms with van der Waals surface area (Å²) >= 11 is 0. The van der Waals surface area contributed by atoms with Crippen molar-refractivity contribution in [1.29, 1.82) is 0 Å². The van der Waals surface area contributed by atoms with Gasteiger partial charge in [0.2, 0.25) is 0 Å². The van der Waals surface area contributed by atoms with E-state index in [0.29, 0.717) is 0 Å². The number of nitrogen functional groups attached to an aromatic ring is 1. The van der Waals surface area contributed by atoms with Crippen molar-refractivity contribution >= 4 is 11.3 Å². The van der Waals surface area contributed by atoms with Crippen molar-refractivity contribution in [2.45, 2.75) is 6.42 Å². The summed E-state index contributed by atoms with van der Waals surface area (Å²) < 4.78 is 0. The average molecular weight is 174 g/mol. The summed E-state index contributed by atoms with van der Waals surface area (Å²) in [7, 11) is 0. The molecular formula is C11H14N2. The number of hydrogen-bond acceptors (Lipinski definition) is 2. The van der Waals surface area contributed by atoms with Crippen molar-refractivity contribution in [3.8, 4) is 0 Å². The van der Waals surface area contributed by atoms with Gasteiger partial charge in [-0.3, -0.25) is 0 Å². The van der Waals surface area contributed by atoms with Gasteiger partial charge in [0.15, 0.2) is 0 Å². The van der Waals surface area contributed by atoms with Gasteiger partial charge in [0, 0.05) is 12.2 Å². The molecule has 1 aliphatic rings. The summed E-state index contributed by atoms with van der Waals surface area (Å²) in [6.45, 7) is 2.07. The lowest BCUT2D eigenvalue weighted by atomic mass is 10.0. The highest BCUT2D eigenvalue weighted by atomic mass is 14.8. The number of benzene rings is 1. The molecule has 2 heteroatoms. The maximum atomic E-state index is 5.62. The zero-order valence-electron chi connectivity index (χ0n) is 7.59. The monoisotopic (exact) mass is 174 g/mol. The molecule has 0 saturated carbocycles. The Morgan fingerprint density at radius 3 is 2.54 bits per heavy atom. The lowest BCUT2D eigenvalue weighted by Crippen LogP contribution is -2.19. The number of anilines is 1. The van der Waals surface area contributed by atoms with Gasteiger partial charge in [-0.1, -0.05) is 18.2 Å². The molecule has 68 valence electrons. The van der Waals surface area contributed by atoms with Gasteiger partial charge in [0.05, 0.1) is 0 Å². The summed E-state index contributed by atoms with van der Waals surface area (Å²) in [4.78, 5) is 0. The van der Waals surface area contributed by atoms with E-state index in [0.717, 1.165) is 25.2 Å². The van der Waals surface area contributed by atoms with Crippen molar-refractivity contribution in [3.63, 3.8) is 0 Å². The quantitative estimate of drug-likeness (QED) is 0.635. The Morgan fingerprint density at radius 1 is 1.15 bits per heavy atom. The Hall–Kier alpha value is -1.28. The molecule has 0 aliphatic carbocycles. The van der Waals surface area contributed by atoms with E-state index in [-0.39, 0.29) is 0 Å². The van der Waals surface area contributed by atoms with Crippen LogP contribution in [0.4, 0.5) is 5.69 Å². The van der Waals surface area contributed by atoms with Crippen LogP contribution in [0.2, 0.25) is 0 Å². The fourth-order valence-electron chi connectivity index (χ4n) is 1.58. The Bertz CT molecular complexity index is 311. The molecule has 0 fully saturated rings. The van der Waals surface area contributed by atoms with Crippen LogP contribution in [-0.2, 0) is 0 Å². The molecule has 0 atom stereocenters. The highest BCUT2D eigenvalue weighted by Crippen LogP contribution is 2.20. The normalized spacial score (nSPS) is 16.8. The van der Waals surface area contributed by atoms with Crippen LogP contribution < -0.4 is 11.1 Å². The molecule has 0 spiro atoms. The highest BCUT2D eigenvalue weighted by molar-refractivity contribution is 5.67. The molecule has 0 radical (unpaired) electrons. The fraction of sp³-hybridized carbons (Fsp3) is 0.273. The molecule has 1 aliphatic heterocycles. The topological polar surface area (TPSA) is 38.0 Å². The molecule has 2 rings (SSSR count). The lowest BCUT2D eigenvalue weighted by molar-refractivity contribution is 0.738. The molecular weight excluding hydrogens is 160 g/mol. The fourth-order valence-corrected chi connectivity index (χ4v) is 1.58. The van der Waals surface area contributed by atoms with Gasteiger partial charge < -0.3 is 11.1 Å². The van der Waals surface area contributed by atoms with E-state index < -0.39 is 0 Å². The maximum Gasteiger partial charge on any atom is 0.0314 e. The zero-order valence-corrected chi connectivity index (χ0v) is 7.59. The van der Waals surface area contributed by atoms with E-state index >= 15 is 0 Å². The van der Waals surface area contributed by atoms with E-state index in [1.807, 2.05) is 12.1 Å². The first-order valence-corrected chi connectivity index (χ1v) is 4.62. The van der Waals surface area contributed by atoms with Crippen molar-refractivity contribution in [2.75, 3.05) is 18.8 Å². The third-order valence-electron chi connectivity index (χ3n) is 2.35. The summed E-state index contributed by atoms with van der Waals surface area (Å²) in [5.74, 6) is 0. The summed E-state index contributed by atoms with van der Waals surface area (Å²) in [6.07, 6.45) is 3.36. The van der Waals surface area contributed by atoms with Crippen LogP contribution in [0.1, 0.15) is 12.0 Å². The molecule has 0 amide bonds. The third kappa shape index (κ3) is 1.90. The van der Waals surface area contributed by atoms with Crippen LogP contribution in [0.25, 0.3) is 5.57 Å². The molecule has 1 aromatic rings.